The molecule has 2 amide bonds. The molecule has 5 rings (SSSR count). The van der Waals surface area contributed by atoms with Gasteiger partial charge in [0.25, 0.3) is 11.8 Å². The van der Waals surface area contributed by atoms with Crippen LogP contribution in [0, 0.1) is 13.8 Å². The number of thiophene rings is 1. The summed E-state index contributed by atoms with van der Waals surface area (Å²) in [5.41, 5.74) is 2.79. The van der Waals surface area contributed by atoms with Crippen molar-refractivity contribution < 1.29 is 14.3 Å². The Labute approximate surface area is 198 Å². The first-order valence-corrected chi connectivity index (χ1v) is 12.2. The van der Waals surface area contributed by atoms with E-state index in [0.29, 0.717) is 31.8 Å². The Hall–Kier alpha value is -2.96. The first kappa shape index (κ1) is 21.9. The number of benzene rings is 2. The molecule has 2 aromatic carbocycles. The highest BCUT2D eigenvalue weighted by Crippen LogP contribution is 2.43. The van der Waals surface area contributed by atoms with Crippen LogP contribution in [0.5, 0.6) is 0 Å². The lowest BCUT2D eigenvalue weighted by molar-refractivity contribution is -0.160. The molecule has 2 aliphatic rings. The monoisotopic (exact) mass is 460 g/mol. The maximum absolute atomic E-state index is 13.9. The van der Waals surface area contributed by atoms with Gasteiger partial charge >= 0.3 is 0 Å². The zero-order valence-corrected chi connectivity index (χ0v) is 19.8. The second-order valence-corrected chi connectivity index (χ2v) is 10.1. The number of carbonyl (C=O) groups excluding carboxylic acids is 2. The normalized spacial score (nSPS) is 22.8. The van der Waals surface area contributed by atoms with Crippen LogP contribution in [0.15, 0.2) is 66.0 Å². The fourth-order valence-corrected chi connectivity index (χ4v) is 5.91. The highest BCUT2D eigenvalue weighted by atomic mass is 32.1. The van der Waals surface area contributed by atoms with Gasteiger partial charge in [-0.1, -0.05) is 53.6 Å². The lowest BCUT2D eigenvalue weighted by Crippen LogP contribution is -2.59. The van der Waals surface area contributed by atoms with Gasteiger partial charge in [-0.05, 0) is 43.0 Å². The van der Waals surface area contributed by atoms with Gasteiger partial charge in [-0.15, -0.1) is 11.3 Å². The summed E-state index contributed by atoms with van der Waals surface area (Å²) < 4.78 is 6.34. The van der Waals surface area contributed by atoms with E-state index in [-0.39, 0.29) is 24.3 Å². The molecular weight excluding hydrogens is 432 g/mol. The summed E-state index contributed by atoms with van der Waals surface area (Å²) in [6, 6.07) is 20.1. The molecule has 0 N–H and O–H groups in total. The standard InChI is InChI=1S/C27H28N2O3S/c1-19-13-20(2)15-22(14-19)25(30)28-10-11-32-27(18-28)24(21-7-4-3-5-8-21)17-29(26(27)31)16-23-9-6-12-33-23/h3-9,12-15,24H,10-11,16-18H2,1-2H3/t24-,27-/m1/s1. The molecule has 2 saturated heterocycles. The number of carbonyl (C=O) groups is 2. The van der Waals surface area contributed by atoms with Crippen LogP contribution in [0.2, 0.25) is 0 Å². The van der Waals surface area contributed by atoms with E-state index in [1.165, 1.54) is 0 Å². The van der Waals surface area contributed by atoms with Crippen LogP contribution in [-0.2, 0) is 16.1 Å². The maximum atomic E-state index is 13.9. The lowest BCUT2D eigenvalue weighted by Gasteiger charge is -2.42. The lowest BCUT2D eigenvalue weighted by atomic mass is 9.83. The summed E-state index contributed by atoms with van der Waals surface area (Å²) in [5.74, 6) is -0.204. The van der Waals surface area contributed by atoms with E-state index in [1.54, 1.807) is 16.2 Å². The van der Waals surface area contributed by atoms with Crippen molar-refractivity contribution in [2.24, 2.45) is 0 Å². The fourth-order valence-electron chi connectivity index (χ4n) is 5.19. The first-order valence-electron chi connectivity index (χ1n) is 11.3. The van der Waals surface area contributed by atoms with Gasteiger partial charge in [-0.3, -0.25) is 9.59 Å². The Morgan fingerprint density at radius 2 is 1.85 bits per heavy atom. The second-order valence-electron chi connectivity index (χ2n) is 9.07. The molecule has 0 bridgehead atoms. The predicted molar refractivity (Wildman–Crippen MR) is 129 cm³/mol. The van der Waals surface area contributed by atoms with Gasteiger partial charge in [0.05, 0.1) is 19.7 Å². The summed E-state index contributed by atoms with van der Waals surface area (Å²) in [4.78, 5) is 32.2. The number of hydrogen-bond acceptors (Lipinski definition) is 4. The number of aryl methyl sites for hydroxylation is 2. The molecular formula is C27H28N2O3S. The third-order valence-corrected chi connectivity index (χ3v) is 7.51. The number of amides is 2. The van der Waals surface area contributed by atoms with Crippen molar-refractivity contribution in [2.45, 2.75) is 31.9 Å². The van der Waals surface area contributed by atoms with Crippen molar-refractivity contribution in [1.82, 2.24) is 9.80 Å². The molecule has 0 aliphatic carbocycles. The van der Waals surface area contributed by atoms with Crippen molar-refractivity contribution in [2.75, 3.05) is 26.2 Å². The molecule has 1 aromatic heterocycles. The minimum absolute atomic E-state index is 0.0253. The minimum atomic E-state index is -1.06. The third kappa shape index (κ3) is 4.09. The summed E-state index contributed by atoms with van der Waals surface area (Å²) in [7, 11) is 0. The first-order chi connectivity index (χ1) is 16.0. The van der Waals surface area contributed by atoms with Crippen molar-refractivity contribution in [1.29, 1.82) is 0 Å². The van der Waals surface area contributed by atoms with Crippen LogP contribution < -0.4 is 0 Å². The SMILES string of the molecule is Cc1cc(C)cc(C(=O)N2CCO[C@@]3(C2)C(=O)N(Cc2cccs2)C[C@@H]3c2ccccc2)c1. The van der Waals surface area contributed by atoms with E-state index in [4.69, 9.17) is 4.74 Å². The molecule has 3 heterocycles. The Morgan fingerprint density at radius 1 is 1.09 bits per heavy atom. The Bertz CT molecular complexity index is 1140. The number of nitrogens with zero attached hydrogens (tertiary/aromatic N) is 2. The molecule has 0 radical (unpaired) electrons. The number of likely N-dealkylation sites (tertiary alicyclic amines) is 1. The van der Waals surface area contributed by atoms with E-state index in [1.807, 2.05) is 60.5 Å². The van der Waals surface area contributed by atoms with Crippen LogP contribution >= 0.6 is 11.3 Å². The predicted octanol–water partition coefficient (Wildman–Crippen LogP) is 4.40. The highest BCUT2D eigenvalue weighted by Gasteiger charge is 2.58. The molecule has 33 heavy (non-hydrogen) atoms. The van der Waals surface area contributed by atoms with E-state index in [9.17, 15) is 9.59 Å². The summed E-state index contributed by atoms with van der Waals surface area (Å²) in [6.45, 7) is 6.23. The highest BCUT2D eigenvalue weighted by molar-refractivity contribution is 7.09. The van der Waals surface area contributed by atoms with Gasteiger partial charge < -0.3 is 14.5 Å². The van der Waals surface area contributed by atoms with E-state index >= 15 is 0 Å². The average Bonchev–Trinajstić information content (AvgIpc) is 3.42. The Balaban J connectivity index is 1.48. The van der Waals surface area contributed by atoms with Crippen molar-refractivity contribution >= 4 is 23.2 Å². The molecule has 2 aliphatic heterocycles. The zero-order chi connectivity index (χ0) is 23.0. The Kier molecular flexibility index (Phi) is 5.81. The summed E-state index contributed by atoms with van der Waals surface area (Å²) >= 11 is 1.65. The number of rotatable bonds is 4. The largest absolute Gasteiger partial charge is 0.361 e. The van der Waals surface area contributed by atoms with Gasteiger partial charge in [-0.25, -0.2) is 0 Å². The number of hydrogen-bond donors (Lipinski definition) is 0. The van der Waals surface area contributed by atoms with Gasteiger partial charge in [0, 0.05) is 29.4 Å². The molecule has 2 atom stereocenters. The molecule has 2 fully saturated rings. The maximum Gasteiger partial charge on any atom is 0.257 e. The van der Waals surface area contributed by atoms with E-state index in [0.717, 1.165) is 21.6 Å². The van der Waals surface area contributed by atoms with Gasteiger partial charge in [-0.2, -0.15) is 0 Å². The van der Waals surface area contributed by atoms with E-state index in [2.05, 4.69) is 24.3 Å². The van der Waals surface area contributed by atoms with Gasteiger partial charge in [0.2, 0.25) is 0 Å². The minimum Gasteiger partial charge on any atom is -0.361 e. The molecule has 0 saturated carbocycles. The quantitative estimate of drug-likeness (QED) is 0.580. The van der Waals surface area contributed by atoms with E-state index < -0.39 is 5.60 Å². The Morgan fingerprint density at radius 3 is 2.55 bits per heavy atom. The van der Waals surface area contributed by atoms with Crippen LogP contribution in [-0.4, -0.2) is 53.5 Å². The van der Waals surface area contributed by atoms with Gasteiger partial charge in [0.15, 0.2) is 5.60 Å². The summed E-state index contributed by atoms with van der Waals surface area (Å²) in [5, 5.41) is 2.03. The van der Waals surface area contributed by atoms with Crippen LogP contribution in [0.25, 0.3) is 0 Å². The molecule has 1 spiro atoms. The third-order valence-electron chi connectivity index (χ3n) is 6.65. The molecule has 3 aromatic rings. The molecule has 0 unspecified atom stereocenters. The van der Waals surface area contributed by atoms with Gasteiger partial charge in [0.1, 0.15) is 0 Å². The van der Waals surface area contributed by atoms with Crippen molar-refractivity contribution in [3.05, 3.63) is 93.2 Å². The zero-order valence-electron chi connectivity index (χ0n) is 19.0. The van der Waals surface area contributed by atoms with Crippen molar-refractivity contribution in [3.63, 3.8) is 0 Å². The average molecular weight is 461 g/mol. The number of ether oxygens (including phenoxy) is 1. The van der Waals surface area contributed by atoms with Crippen LogP contribution in [0.3, 0.4) is 0 Å². The molecule has 6 heteroatoms. The summed E-state index contributed by atoms with van der Waals surface area (Å²) in [6.07, 6.45) is 0. The second kappa shape index (κ2) is 8.76. The number of morpholine rings is 1. The van der Waals surface area contributed by atoms with Crippen LogP contribution in [0.1, 0.15) is 37.8 Å². The molecule has 5 nitrogen and oxygen atoms in total. The van der Waals surface area contributed by atoms with Crippen molar-refractivity contribution in [3.8, 4) is 0 Å². The smallest absolute Gasteiger partial charge is 0.257 e. The molecule has 170 valence electrons. The fraction of sp³-hybridized carbons (Fsp3) is 0.333. The van der Waals surface area contributed by atoms with Crippen LogP contribution in [0.4, 0.5) is 0 Å². The topological polar surface area (TPSA) is 49.9 Å².